The normalized spacial score (nSPS) is 13.2. The van der Waals surface area contributed by atoms with E-state index in [4.69, 9.17) is 4.74 Å². The Balaban J connectivity index is 1.14. The highest BCUT2D eigenvalue weighted by Gasteiger charge is 2.25. The molecule has 1 saturated heterocycles. The van der Waals surface area contributed by atoms with Crippen LogP contribution in [0.15, 0.2) is 97.2 Å². The fraction of sp³-hybridized carbons (Fsp3) is 0.133. The van der Waals surface area contributed by atoms with E-state index < -0.39 is 5.97 Å². The molecule has 3 aromatic carbocycles. The predicted molar refractivity (Wildman–Crippen MR) is 146 cm³/mol. The molecule has 5 rings (SSSR count). The fourth-order valence-electron chi connectivity index (χ4n) is 4.24. The molecule has 1 aromatic heterocycles. The monoisotopic (exact) mass is 522 g/mol. The van der Waals surface area contributed by atoms with Gasteiger partial charge in [0.1, 0.15) is 17.3 Å². The van der Waals surface area contributed by atoms with Crippen LogP contribution in [0.4, 0.5) is 11.5 Å². The Morgan fingerprint density at radius 3 is 2.33 bits per heavy atom. The van der Waals surface area contributed by atoms with Gasteiger partial charge in [0, 0.05) is 25.2 Å². The van der Waals surface area contributed by atoms with Gasteiger partial charge in [0.05, 0.1) is 24.0 Å². The van der Waals surface area contributed by atoms with Crippen LogP contribution in [0.3, 0.4) is 0 Å². The summed E-state index contributed by atoms with van der Waals surface area (Å²) in [5.74, 6) is 0.649. The summed E-state index contributed by atoms with van der Waals surface area (Å²) >= 11 is 0. The Labute approximate surface area is 225 Å². The van der Waals surface area contributed by atoms with Crippen molar-refractivity contribution in [3.63, 3.8) is 0 Å². The van der Waals surface area contributed by atoms with Gasteiger partial charge in [0.25, 0.3) is 5.91 Å². The number of anilines is 2. The second kappa shape index (κ2) is 11.5. The highest BCUT2D eigenvalue weighted by Crippen LogP contribution is 2.22. The average Bonchev–Trinajstić information content (AvgIpc) is 2.95. The molecule has 39 heavy (non-hydrogen) atoms. The number of ether oxygens (including phenoxy) is 1. The topological polar surface area (TPSA) is 112 Å². The summed E-state index contributed by atoms with van der Waals surface area (Å²) in [6, 6.07) is 26.4. The summed E-state index contributed by atoms with van der Waals surface area (Å²) < 4.78 is 5.76. The molecule has 0 aliphatic carbocycles. The number of pyridine rings is 1. The third kappa shape index (κ3) is 6.40. The van der Waals surface area contributed by atoms with Crippen LogP contribution >= 0.6 is 0 Å². The van der Waals surface area contributed by atoms with E-state index in [9.17, 15) is 19.5 Å². The Morgan fingerprint density at radius 2 is 1.64 bits per heavy atom. The smallest absolute Gasteiger partial charge is 0.335 e. The number of amides is 2. The summed E-state index contributed by atoms with van der Waals surface area (Å²) in [5, 5.41) is 12.0. The number of para-hydroxylation sites is 1. The van der Waals surface area contributed by atoms with Gasteiger partial charge < -0.3 is 25.0 Å². The number of hydrogen-bond acceptors (Lipinski definition) is 6. The zero-order valence-corrected chi connectivity index (χ0v) is 21.0. The number of carbonyl (C=O) groups excluding carboxylic acids is 2. The number of aromatic carboxylic acids is 1. The zero-order valence-electron chi connectivity index (χ0n) is 21.0. The predicted octanol–water partition coefficient (Wildman–Crippen LogP) is 4.67. The molecule has 0 spiro atoms. The van der Waals surface area contributed by atoms with Crippen LogP contribution in [0, 0.1) is 0 Å². The lowest BCUT2D eigenvalue weighted by Gasteiger charge is -2.35. The minimum atomic E-state index is -0.995. The molecule has 4 aromatic rings. The molecule has 0 unspecified atom stereocenters. The molecule has 9 heteroatoms. The van der Waals surface area contributed by atoms with E-state index in [2.05, 4.69) is 10.3 Å². The standard InChI is InChI=1S/C30H26N4O5/c35-28-20-33(15-16-34(28)19-21-5-4-6-23(17-21)30(37)38)27-14-11-24(18-31-27)32-29(36)22-9-12-26(13-10-22)39-25-7-2-1-3-8-25/h1-14,17-18H,15-16,19-20H2,(H,32,36)(H,37,38). The van der Waals surface area contributed by atoms with Crippen molar-refractivity contribution in [3.05, 3.63) is 114 Å². The Bertz CT molecular complexity index is 1470. The van der Waals surface area contributed by atoms with Gasteiger partial charge in [-0.3, -0.25) is 9.59 Å². The molecule has 0 bridgehead atoms. The van der Waals surface area contributed by atoms with E-state index in [1.54, 1.807) is 59.6 Å². The van der Waals surface area contributed by atoms with Crippen molar-refractivity contribution in [1.82, 2.24) is 9.88 Å². The highest BCUT2D eigenvalue weighted by molar-refractivity contribution is 6.04. The molecule has 2 amide bonds. The van der Waals surface area contributed by atoms with Crippen LogP contribution in [0.25, 0.3) is 0 Å². The first-order chi connectivity index (χ1) is 18.9. The molecule has 2 N–H and O–H groups in total. The molecular formula is C30H26N4O5. The van der Waals surface area contributed by atoms with Crippen molar-refractivity contribution in [3.8, 4) is 11.5 Å². The van der Waals surface area contributed by atoms with Gasteiger partial charge in [-0.2, -0.15) is 0 Å². The number of piperazine rings is 1. The first-order valence-corrected chi connectivity index (χ1v) is 12.4. The van der Waals surface area contributed by atoms with E-state index >= 15 is 0 Å². The Hall–Kier alpha value is -5.18. The number of carboxylic acids is 1. The lowest BCUT2D eigenvalue weighted by molar-refractivity contribution is -0.131. The van der Waals surface area contributed by atoms with Crippen LogP contribution in [0.5, 0.6) is 11.5 Å². The molecule has 196 valence electrons. The number of nitrogens with one attached hydrogen (secondary N) is 1. The third-order valence-corrected chi connectivity index (χ3v) is 6.29. The van der Waals surface area contributed by atoms with Crippen molar-refractivity contribution >= 4 is 29.3 Å². The molecule has 1 aliphatic heterocycles. The van der Waals surface area contributed by atoms with Gasteiger partial charge >= 0.3 is 5.97 Å². The fourth-order valence-corrected chi connectivity index (χ4v) is 4.24. The molecule has 1 aliphatic rings. The van der Waals surface area contributed by atoms with Crippen LogP contribution < -0.4 is 15.0 Å². The van der Waals surface area contributed by atoms with Crippen LogP contribution in [-0.2, 0) is 11.3 Å². The summed E-state index contributed by atoms with van der Waals surface area (Å²) in [4.78, 5) is 44.7. The van der Waals surface area contributed by atoms with Crippen molar-refractivity contribution in [1.29, 1.82) is 0 Å². The second-order valence-electron chi connectivity index (χ2n) is 9.04. The minimum Gasteiger partial charge on any atom is -0.478 e. The van der Waals surface area contributed by atoms with E-state index in [-0.39, 0.29) is 23.9 Å². The number of carbonyl (C=O) groups is 3. The van der Waals surface area contributed by atoms with Crippen LogP contribution in [0.1, 0.15) is 26.3 Å². The van der Waals surface area contributed by atoms with E-state index in [0.717, 1.165) is 11.3 Å². The van der Waals surface area contributed by atoms with Gasteiger partial charge in [0.15, 0.2) is 0 Å². The minimum absolute atomic E-state index is 0.0687. The van der Waals surface area contributed by atoms with Crippen LogP contribution in [-0.4, -0.2) is 52.4 Å². The van der Waals surface area contributed by atoms with Gasteiger partial charge in [0.2, 0.25) is 5.91 Å². The summed E-state index contributed by atoms with van der Waals surface area (Å²) in [6.07, 6.45) is 1.56. The molecular weight excluding hydrogens is 496 g/mol. The quantitative estimate of drug-likeness (QED) is 0.346. The average molecular weight is 523 g/mol. The number of carboxylic acid groups (broad SMARTS) is 1. The maximum Gasteiger partial charge on any atom is 0.335 e. The van der Waals surface area contributed by atoms with E-state index in [1.165, 1.54) is 6.07 Å². The number of aromatic nitrogens is 1. The first kappa shape index (κ1) is 25.5. The molecule has 0 radical (unpaired) electrons. The number of nitrogens with zero attached hydrogens (tertiary/aromatic N) is 3. The maximum absolute atomic E-state index is 12.8. The Kier molecular flexibility index (Phi) is 7.49. The number of benzene rings is 3. The van der Waals surface area contributed by atoms with Crippen LogP contribution in [0.2, 0.25) is 0 Å². The highest BCUT2D eigenvalue weighted by atomic mass is 16.5. The molecule has 2 heterocycles. The zero-order chi connectivity index (χ0) is 27.2. The van der Waals surface area contributed by atoms with E-state index in [1.807, 2.05) is 41.3 Å². The second-order valence-corrected chi connectivity index (χ2v) is 9.04. The van der Waals surface area contributed by atoms with Crippen molar-refractivity contribution in [2.45, 2.75) is 6.54 Å². The molecule has 0 atom stereocenters. The maximum atomic E-state index is 12.8. The Morgan fingerprint density at radius 1 is 0.872 bits per heavy atom. The van der Waals surface area contributed by atoms with Gasteiger partial charge in [-0.25, -0.2) is 9.78 Å². The van der Waals surface area contributed by atoms with Crippen molar-refractivity contribution in [2.75, 3.05) is 29.9 Å². The summed E-state index contributed by atoms with van der Waals surface area (Å²) in [7, 11) is 0. The van der Waals surface area contributed by atoms with Crippen molar-refractivity contribution in [2.24, 2.45) is 0 Å². The SMILES string of the molecule is O=C(O)c1cccc(CN2CCN(c3ccc(NC(=O)c4ccc(Oc5ccccc5)cc4)cn3)CC2=O)c1. The molecule has 0 saturated carbocycles. The molecule has 1 fully saturated rings. The number of hydrogen-bond donors (Lipinski definition) is 2. The summed E-state index contributed by atoms with van der Waals surface area (Å²) in [5.41, 5.74) is 1.99. The lowest BCUT2D eigenvalue weighted by Crippen LogP contribution is -2.50. The third-order valence-electron chi connectivity index (χ3n) is 6.29. The van der Waals surface area contributed by atoms with Gasteiger partial charge in [-0.05, 0) is 66.2 Å². The van der Waals surface area contributed by atoms with Gasteiger partial charge in [-0.1, -0.05) is 30.3 Å². The van der Waals surface area contributed by atoms with Crippen molar-refractivity contribution < 1.29 is 24.2 Å². The summed E-state index contributed by atoms with van der Waals surface area (Å²) in [6.45, 7) is 1.58. The number of rotatable bonds is 8. The first-order valence-electron chi connectivity index (χ1n) is 12.4. The van der Waals surface area contributed by atoms with Gasteiger partial charge in [-0.15, -0.1) is 0 Å². The largest absolute Gasteiger partial charge is 0.478 e. The molecule has 9 nitrogen and oxygen atoms in total. The lowest BCUT2D eigenvalue weighted by atomic mass is 10.1. The van der Waals surface area contributed by atoms with E-state index in [0.29, 0.717) is 42.5 Å².